The van der Waals surface area contributed by atoms with Crippen molar-refractivity contribution in [1.29, 1.82) is 0 Å². The number of aromatic nitrogens is 2. The predicted octanol–water partition coefficient (Wildman–Crippen LogP) is 3.30. The highest BCUT2D eigenvalue weighted by molar-refractivity contribution is 7.89. The van der Waals surface area contributed by atoms with E-state index in [0.29, 0.717) is 37.4 Å². The molecule has 0 unspecified atom stereocenters. The number of carbonyl (C=O) groups excluding carboxylic acids is 1. The number of hydrogen-bond donors (Lipinski definition) is 1. The average Bonchev–Trinajstić information content (AvgIpc) is 3.32. The molecule has 0 radical (unpaired) electrons. The van der Waals surface area contributed by atoms with Gasteiger partial charge in [-0.3, -0.25) is 4.79 Å². The highest BCUT2D eigenvalue weighted by atomic mass is 32.2. The summed E-state index contributed by atoms with van der Waals surface area (Å²) in [6, 6.07) is 16.7. The maximum atomic E-state index is 12.7. The van der Waals surface area contributed by atoms with Crippen LogP contribution in [0, 0.1) is 0 Å². The first-order chi connectivity index (χ1) is 15.5. The van der Waals surface area contributed by atoms with E-state index < -0.39 is 10.0 Å². The molecule has 1 N–H and O–H groups in total. The summed E-state index contributed by atoms with van der Waals surface area (Å²) in [5, 5.41) is 7.25. The predicted molar refractivity (Wildman–Crippen MR) is 123 cm³/mol. The number of rotatable bonds is 8. The van der Waals surface area contributed by atoms with Crippen molar-refractivity contribution < 1.29 is 13.2 Å². The lowest BCUT2D eigenvalue weighted by Crippen LogP contribution is -2.35. The van der Waals surface area contributed by atoms with Gasteiger partial charge in [-0.05, 0) is 49.1 Å². The van der Waals surface area contributed by atoms with Gasteiger partial charge in [-0.1, -0.05) is 36.8 Å². The van der Waals surface area contributed by atoms with Gasteiger partial charge in [0.1, 0.15) is 0 Å². The molecule has 32 heavy (non-hydrogen) atoms. The minimum absolute atomic E-state index is 0.0533. The first-order valence-electron chi connectivity index (χ1n) is 11.0. The number of carbonyl (C=O) groups is 1. The average molecular weight is 453 g/mol. The second-order valence-corrected chi connectivity index (χ2v) is 9.95. The monoisotopic (exact) mass is 452 g/mol. The molecular weight excluding hydrogens is 424 g/mol. The second kappa shape index (κ2) is 10.1. The third-order valence-corrected chi connectivity index (χ3v) is 7.58. The molecule has 0 aliphatic carbocycles. The summed E-state index contributed by atoms with van der Waals surface area (Å²) in [6.45, 7) is 1.60. The van der Waals surface area contributed by atoms with Crippen molar-refractivity contribution in [3.63, 3.8) is 0 Å². The number of sulfonamides is 1. The van der Waals surface area contributed by atoms with Gasteiger partial charge in [-0.25, -0.2) is 13.1 Å². The van der Waals surface area contributed by atoms with Gasteiger partial charge in [0.25, 0.3) is 0 Å². The molecule has 0 atom stereocenters. The van der Waals surface area contributed by atoms with Gasteiger partial charge in [0.15, 0.2) is 0 Å². The number of nitrogens with zero attached hydrogens (tertiary/aromatic N) is 3. The number of benzene rings is 2. The minimum atomic E-state index is -3.42. The van der Waals surface area contributed by atoms with E-state index in [1.54, 1.807) is 39.4 Å². The number of nitrogens with one attached hydrogen (secondary N) is 1. The third kappa shape index (κ3) is 5.44. The van der Waals surface area contributed by atoms with Gasteiger partial charge in [0.05, 0.1) is 16.8 Å². The van der Waals surface area contributed by atoms with Gasteiger partial charge < -0.3 is 5.32 Å². The van der Waals surface area contributed by atoms with Crippen LogP contribution in [0.1, 0.15) is 36.8 Å². The normalized spacial score (nSPS) is 14.9. The Morgan fingerprint density at radius 3 is 2.38 bits per heavy atom. The van der Waals surface area contributed by atoms with E-state index >= 15 is 0 Å². The summed E-state index contributed by atoms with van der Waals surface area (Å²) in [5.41, 5.74) is 2.83. The maximum Gasteiger partial charge on any atom is 0.243 e. The van der Waals surface area contributed by atoms with Crippen molar-refractivity contribution in [2.24, 2.45) is 0 Å². The fraction of sp³-hybridized carbons (Fsp3) is 0.333. The highest BCUT2D eigenvalue weighted by Gasteiger charge is 2.25. The van der Waals surface area contributed by atoms with Crippen molar-refractivity contribution in [2.45, 2.75) is 43.5 Å². The second-order valence-electron chi connectivity index (χ2n) is 8.01. The van der Waals surface area contributed by atoms with Crippen LogP contribution in [0.3, 0.4) is 0 Å². The van der Waals surface area contributed by atoms with Crippen LogP contribution >= 0.6 is 0 Å². The molecule has 8 heteroatoms. The molecule has 3 aromatic rings. The van der Waals surface area contributed by atoms with Gasteiger partial charge in [0.2, 0.25) is 15.9 Å². The van der Waals surface area contributed by atoms with Crippen LogP contribution in [0.25, 0.3) is 5.69 Å². The van der Waals surface area contributed by atoms with E-state index in [2.05, 4.69) is 10.4 Å². The zero-order chi connectivity index (χ0) is 22.4. The van der Waals surface area contributed by atoms with Crippen LogP contribution in [-0.2, 0) is 27.8 Å². The Hall–Kier alpha value is -2.97. The number of amides is 1. The maximum absolute atomic E-state index is 12.7. The Kier molecular flexibility index (Phi) is 7.02. The van der Waals surface area contributed by atoms with Crippen LogP contribution in [0.4, 0.5) is 0 Å². The molecule has 0 bridgehead atoms. The summed E-state index contributed by atoms with van der Waals surface area (Å²) >= 11 is 0. The lowest BCUT2D eigenvalue weighted by Gasteiger charge is -2.25. The molecule has 2 aromatic carbocycles. The molecule has 1 saturated heterocycles. The van der Waals surface area contributed by atoms with Crippen molar-refractivity contribution in [1.82, 2.24) is 19.4 Å². The molecule has 0 saturated carbocycles. The summed E-state index contributed by atoms with van der Waals surface area (Å²) in [4.78, 5) is 12.6. The zero-order valence-electron chi connectivity index (χ0n) is 18.0. The Morgan fingerprint density at radius 1 is 0.938 bits per heavy atom. The summed E-state index contributed by atoms with van der Waals surface area (Å²) in [6.07, 6.45) is 7.46. The number of aryl methyl sites for hydroxylation is 1. The van der Waals surface area contributed by atoms with E-state index in [1.165, 1.54) is 0 Å². The van der Waals surface area contributed by atoms with Crippen LogP contribution < -0.4 is 5.32 Å². The third-order valence-electron chi connectivity index (χ3n) is 5.66. The Balaban J connectivity index is 1.26. The van der Waals surface area contributed by atoms with E-state index in [0.717, 1.165) is 36.1 Å². The molecule has 168 valence electrons. The Labute approximate surface area is 189 Å². The smallest absolute Gasteiger partial charge is 0.243 e. The van der Waals surface area contributed by atoms with Crippen molar-refractivity contribution >= 4 is 15.9 Å². The molecule has 1 aliphatic rings. The quantitative estimate of drug-likeness (QED) is 0.568. The van der Waals surface area contributed by atoms with E-state index in [-0.39, 0.29) is 5.91 Å². The van der Waals surface area contributed by atoms with Crippen molar-refractivity contribution in [3.05, 3.63) is 78.1 Å². The number of para-hydroxylation sites is 1. The number of hydrogen-bond acceptors (Lipinski definition) is 4. The summed E-state index contributed by atoms with van der Waals surface area (Å²) in [7, 11) is -3.42. The molecule has 1 aromatic heterocycles. The largest absolute Gasteiger partial charge is 0.352 e. The van der Waals surface area contributed by atoms with Crippen LogP contribution in [0.2, 0.25) is 0 Å². The topological polar surface area (TPSA) is 84.3 Å². The van der Waals surface area contributed by atoms with Gasteiger partial charge in [-0.2, -0.15) is 9.40 Å². The van der Waals surface area contributed by atoms with Crippen LogP contribution in [-0.4, -0.2) is 41.5 Å². The summed E-state index contributed by atoms with van der Waals surface area (Å²) in [5.74, 6) is -0.0533. The molecule has 4 rings (SSSR count). The fourth-order valence-electron chi connectivity index (χ4n) is 3.80. The van der Waals surface area contributed by atoms with Crippen LogP contribution in [0.5, 0.6) is 0 Å². The lowest BCUT2D eigenvalue weighted by atomic mass is 10.1. The molecule has 7 nitrogen and oxygen atoms in total. The number of piperidine rings is 1. The lowest BCUT2D eigenvalue weighted by molar-refractivity contribution is -0.121. The minimum Gasteiger partial charge on any atom is -0.352 e. The molecule has 2 heterocycles. The molecule has 0 spiro atoms. The Morgan fingerprint density at radius 2 is 1.66 bits per heavy atom. The molecule has 1 fully saturated rings. The van der Waals surface area contributed by atoms with Gasteiger partial charge in [-0.15, -0.1) is 0 Å². The molecular formula is C24H28N4O3S. The van der Waals surface area contributed by atoms with Gasteiger partial charge >= 0.3 is 0 Å². The van der Waals surface area contributed by atoms with E-state index in [9.17, 15) is 13.2 Å². The fourth-order valence-corrected chi connectivity index (χ4v) is 5.32. The Bertz CT molecular complexity index is 1140. The standard InChI is InChI=1S/C24H28N4O3S/c29-24(25-17-21-18-26-28(19-21)22-7-3-1-4-8-22)14-11-20-9-12-23(13-10-20)32(30,31)27-15-5-2-6-16-27/h1,3-4,7-10,12-13,18-19H,2,5-6,11,14-17H2,(H,25,29). The SMILES string of the molecule is O=C(CCc1ccc(S(=O)(=O)N2CCCCC2)cc1)NCc1cnn(-c2ccccc2)c1. The summed E-state index contributed by atoms with van der Waals surface area (Å²) < 4.78 is 28.8. The zero-order valence-corrected chi connectivity index (χ0v) is 18.8. The van der Waals surface area contributed by atoms with Crippen LogP contribution in [0.15, 0.2) is 71.9 Å². The van der Waals surface area contributed by atoms with E-state index in [1.807, 2.05) is 36.5 Å². The van der Waals surface area contributed by atoms with Crippen molar-refractivity contribution in [3.8, 4) is 5.69 Å². The first kappa shape index (κ1) is 22.2. The highest BCUT2D eigenvalue weighted by Crippen LogP contribution is 2.21. The first-order valence-corrected chi connectivity index (χ1v) is 12.4. The van der Waals surface area contributed by atoms with Gasteiger partial charge in [0, 0.05) is 37.8 Å². The molecule has 1 aliphatic heterocycles. The van der Waals surface area contributed by atoms with E-state index in [4.69, 9.17) is 0 Å². The van der Waals surface area contributed by atoms with Crippen molar-refractivity contribution in [2.75, 3.05) is 13.1 Å². The molecule has 1 amide bonds.